The Balaban J connectivity index is 2.13. The second-order valence-corrected chi connectivity index (χ2v) is 4.61. The van der Waals surface area contributed by atoms with E-state index < -0.39 is 0 Å². The molecule has 1 N–H and O–H groups in total. The van der Waals surface area contributed by atoms with Crippen LogP contribution in [0.3, 0.4) is 0 Å². The van der Waals surface area contributed by atoms with Gasteiger partial charge < -0.3 is 5.32 Å². The number of Topliss-reactive ketones (excluding diaryl/α,β-unsaturated/α-hetero) is 1. The molecule has 1 aromatic carbocycles. The molecule has 0 bridgehead atoms. The van der Waals surface area contributed by atoms with Gasteiger partial charge in [0.25, 0.3) is 0 Å². The lowest BCUT2D eigenvalue weighted by molar-refractivity contribution is 0.00297. The number of halogens is 1. The average Bonchev–Trinajstić information content (AvgIpc) is 2.94. The van der Waals surface area contributed by atoms with Gasteiger partial charge in [0.05, 0.1) is 0 Å². The molecular weight excluding hydrogens is 262 g/mol. The zero-order valence-corrected chi connectivity index (χ0v) is 11.7. The van der Waals surface area contributed by atoms with Gasteiger partial charge in [-0.25, -0.2) is 5.01 Å². The SMILES string of the molecule is CCN(CCCl)N1C=CNC1C(=O)c1ccccc1. The van der Waals surface area contributed by atoms with Crippen LogP contribution in [0, 0.1) is 0 Å². The highest BCUT2D eigenvalue weighted by atomic mass is 35.5. The van der Waals surface area contributed by atoms with Crippen molar-refractivity contribution < 1.29 is 4.79 Å². The molecule has 5 heteroatoms. The van der Waals surface area contributed by atoms with E-state index in [1.54, 1.807) is 6.20 Å². The molecule has 1 atom stereocenters. The number of benzene rings is 1. The molecule has 0 aromatic heterocycles. The summed E-state index contributed by atoms with van der Waals surface area (Å²) in [6.07, 6.45) is 3.29. The van der Waals surface area contributed by atoms with Gasteiger partial charge in [-0.1, -0.05) is 37.3 Å². The lowest BCUT2D eigenvalue weighted by atomic mass is 10.1. The van der Waals surface area contributed by atoms with Crippen LogP contribution in [0.25, 0.3) is 0 Å². The van der Waals surface area contributed by atoms with Gasteiger partial charge in [0.1, 0.15) is 0 Å². The van der Waals surface area contributed by atoms with Gasteiger partial charge in [-0.2, -0.15) is 0 Å². The predicted molar refractivity (Wildman–Crippen MR) is 76.6 cm³/mol. The molecule has 0 amide bonds. The van der Waals surface area contributed by atoms with Gasteiger partial charge in [0, 0.05) is 36.9 Å². The van der Waals surface area contributed by atoms with Crippen molar-refractivity contribution in [1.29, 1.82) is 0 Å². The molecule has 0 aliphatic carbocycles. The van der Waals surface area contributed by atoms with E-state index in [1.807, 2.05) is 48.5 Å². The highest BCUT2D eigenvalue weighted by Crippen LogP contribution is 2.14. The van der Waals surface area contributed by atoms with Crippen LogP contribution in [0.2, 0.25) is 0 Å². The topological polar surface area (TPSA) is 35.6 Å². The lowest BCUT2D eigenvalue weighted by Gasteiger charge is -2.34. The standard InChI is InChI=1S/C14H18ClN3O/c1-2-17(10-8-15)18-11-9-16-14(18)13(19)12-6-4-3-5-7-12/h3-7,9,11,14,16H,2,8,10H2,1H3. The van der Waals surface area contributed by atoms with Crippen LogP contribution < -0.4 is 5.32 Å². The minimum Gasteiger partial charge on any atom is -0.362 e. The molecule has 0 fully saturated rings. The maximum atomic E-state index is 12.5. The van der Waals surface area contributed by atoms with E-state index in [0.717, 1.165) is 6.54 Å². The van der Waals surface area contributed by atoms with E-state index in [4.69, 9.17) is 11.6 Å². The Kier molecular flexibility index (Phi) is 4.82. The van der Waals surface area contributed by atoms with Crippen LogP contribution in [0.1, 0.15) is 17.3 Å². The number of hydrogen-bond acceptors (Lipinski definition) is 4. The number of carbonyl (C=O) groups is 1. The Bertz CT molecular complexity index is 449. The first-order chi connectivity index (χ1) is 9.27. The molecule has 1 aliphatic rings. The Morgan fingerprint density at radius 1 is 1.42 bits per heavy atom. The van der Waals surface area contributed by atoms with Gasteiger partial charge in [-0.3, -0.25) is 9.80 Å². The fourth-order valence-electron chi connectivity index (χ4n) is 2.12. The lowest BCUT2D eigenvalue weighted by Crippen LogP contribution is -2.51. The highest BCUT2D eigenvalue weighted by Gasteiger charge is 2.30. The van der Waals surface area contributed by atoms with E-state index in [0.29, 0.717) is 18.0 Å². The average molecular weight is 280 g/mol. The minimum atomic E-state index is -0.384. The molecule has 1 aliphatic heterocycles. The highest BCUT2D eigenvalue weighted by molar-refractivity contribution is 6.18. The van der Waals surface area contributed by atoms with Crippen molar-refractivity contribution in [2.75, 3.05) is 19.0 Å². The number of ketones is 1. The fourth-order valence-corrected chi connectivity index (χ4v) is 2.32. The summed E-state index contributed by atoms with van der Waals surface area (Å²) in [4.78, 5) is 12.5. The minimum absolute atomic E-state index is 0.0543. The van der Waals surface area contributed by atoms with Crippen LogP contribution in [-0.2, 0) is 0 Å². The summed E-state index contributed by atoms with van der Waals surface area (Å²) in [5.41, 5.74) is 0.704. The van der Waals surface area contributed by atoms with Crippen molar-refractivity contribution in [3.63, 3.8) is 0 Å². The van der Waals surface area contributed by atoms with Crippen LogP contribution in [0.5, 0.6) is 0 Å². The maximum absolute atomic E-state index is 12.5. The van der Waals surface area contributed by atoms with Crippen LogP contribution in [-0.4, -0.2) is 40.9 Å². The van der Waals surface area contributed by atoms with Gasteiger partial charge in [0.2, 0.25) is 5.78 Å². The van der Waals surface area contributed by atoms with Crippen molar-refractivity contribution in [2.45, 2.75) is 13.1 Å². The van der Waals surface area contributed by atoms with Gasteiger partial charge in [0.15, 0.2) is 6.17 Å². The van der Waals surface area contributed by atoms with E-state index >= 15 is 0 Å². The van der Waals surface area contributed by atoms with E-state index in [2.05, 4.69) is 10.3 Å². The number of hydrazine groups is 1. The van der Waals surface area contributed by atoms with Crippen molar-refractivity contribution in [1.82, 2.24) is 15.3 Å². The Labute approximate surface area is 118 Å². The van der Waals surface area contributed by atoms with E-state index in [-0.39, 0.29) is 11.9 Å². The van der Waals surface area contributed by atoms with Crippen molar-refractivity contribution in [3.8, 4) is 0 Å². The van der Waals surface area contributed by atoms with Crippen molar-refractivity contribution >= 4 is 17.4 Å². The zero-order valence-electron chi connectivity index (χ0n) is 10.9. The summed E-state index contributed by atoms with van der Waals surface area (Å²) in [5, 5.41) is 7.05. The maximum Gasteiger partial charge on any atom is 0.206 e. The summed E-state index contributed by atoms with van der Waals surface area (Å²) >= 11 is 5.80. The quantitative estimate of drug-likeness (QED) is 0.639. The molecule has 19 heavy (non-hydrogen) atoms. The summed E-state index contributed by atoms with van der Waals surface area (Å²) in [7, 11) is 0. The second-order valence-electron chi connectivity index (χ2n) is 4.23. The molecule has 1 aromatic rings. The van der Waals surface area contributed by atoms with Crippen molar-refractivity contribution in [2.24, 2.45) is 0 Å². The molecule has 102 valence electrons. The third-order valence-corrected chi connectivity index (χ3v) is 3.26. The van der Waals surface area contributed by atoms with Gasteiger partial charge in [-0.05, 0) is 0 Å². The summed E-state index contributed by atoms with van der Waals surface area (Å²) in [5.74, 6) is 0.586. The molecule has 0 saturated heterocycles. The van der Waals surface area contributed by atoms with E-state index in [9.17, 15) is 4.79 Å². The van der Waals surface area contributed by atoms with Crippen LogP contribution in [0.15, 0.2) is 42.7 Å². The number of hydrogen-bond donors (Lipinski definition) is 1. The number of nitrogens with zero attached hydrogens (tertiary/aromatic N) is 2. The number of rotatable bonds is 6. The Morgan fingerprint density at radius 3 is 2.79 bits per heavy atom. The Morgan fingerprint density at radius 2 is 2.16 bits per heavy atom. The first kappa shape index (κ1) is 13.9. The van der Waals surface area contributed by atoms with Crippen molar-refractivity contribution in [3.05, 3.63) is 48.3 Å². The number of carbonyl (C=O) groups excluding carboxylic acids is 1. The smallest absolute Gasteiger partial charge is 0.206 e. The van der Waals surface area contributed by atoms with E-state index in [1.165, 1.54) is 0 Å². The third kappa shape index (κ3) is 3.08. The normalized spacial score (nSPS) is 17.8. The predicted octanol–water partition coefficient (Wildman–Crippen LogP) is 2.05. The molecule has 0 radical (unpaired) electrons. The van der Waals surface area contributed by atoms with Gasteiger partial charge in [-0.15, -0.1) is 11.6 Å². The second kappa shape index (κ2) is 6.59. The first-order valence-electron chi connectivity index (χ1n) is 6.39. The number of nitrogens with one attached hydrogen (secondary N) is 1. The van der Waals surface area contributed by atoms with Crippen LogP contribution >= 0.6 is 11.6 Å². The monoisotopic (exact) mass is 279 g/mol. The molecular formula is C14H18ClN3O. The van der Waals surface area contributed by atoms with Crippen LogP contribution in [0.4, 0.5) is 0 Å². The largest absolute Gasteiger partial charge is 0.362 e. The zero-order chi connectivity index (χ0) is 13.7. The molecule has 4 nitrogen and oxygen atoms in total. The first-order valence-corrected chi connectivity index (χ1v) is 6.92. The molecule has 0 saturated carbocycles. The molecule has 2 rings (SSSR count). The summed E-state index contributed by atoms with van der Waals surface area (Å²) in [6, 6.07) is 9.31. The molecule has 0 spiro atoms. The molecule has 1 heterocycles. The van der Waals surface area contributed by atoms with Gasteiger partial charge >= 0.3 is 0 Å². The third-order valence-electron chi connectivity index (χ3n) is 3.09. The molecule has 1 unspecified atom stereocenters. The Hall–Kier alpha value is -1.52. The number of alkyl halides is 1. The fraction of sp³-hybridized carbons (Fsp3) is 0.357. The summed E-state index contributed by atoms with van der Waals surface area (Å²) < 4.78 is 0. The summed E-state index contributed by atoms with van der Waals surface area (Å²) in [6.45, 7) is 3.56.